The first-order valence-electron chi connectivity index (χ1n) is 5.96. The first-order chi connectivity index (χ1) is 7.68. The van der Waals surface area contributed by atoms with Crippen molar-refractivity contribution in [2.24, 2.45) is 5.92 Å². The van der Waals surface area contributed by atoms with Gasteiger partial charge in [0.2, 0.25) is 0 Å². The third-order valence-corrected chi connectivity index (χ3v) is 3.32. The second-order valence-electron chi connectivity index (χ2n) is 4.65. The third kappa shape index (κ3) is 2.65. The molecule has 5 heteroatoms. The molecule has 0 aromatic heterocycles. The lowest BCUT2D eigenvalue weighted by atomic mass is 10.2. The SMILES string of the molecule is O=C(O)[C@H]1CCCN1C(=O)NCCC1CC1. The largest absolute Gasteiger partial charge is 0.480 e. The van der Waals surface area contributed by atoms with Crippen LogP contribution in [0.3, 0.4) is 0 Å². The normalized spacial score (nSPS) is 24.5. The van der Waals surface area contributed by atoms with E-state index in [0.717, 1.165) is 18.8 Å². The highest BCUT2D eigenvalue weighted by Crippen LogP contribution is 2.31. The number of hydrogen-bond acceptors (Lipinski definition) is 2. The smallest absolute Gasteiger partial charge is 0.326 e. The molecule has 1 atom stereocenters. The van der Waals surface area contributed by atoms with Crippen LogP contribution in [0.15, 0.2) is 0 Å². The van der Waals surface area contributed by atoms with Crippen LogP contribution in [0.5, 0.6) is 0 Å². The van der Waals surface area contributed by atoms with Gasteiger partial charge in [0.05, 0.1) is 0 Å². The van der Waals surface area contributed by atoms with Crippen molar-refractivity contribution in [3.8, 4) is 0 Å². The highest BCUT2D eigenvalue weighted by atomic mass is 16.4. The summed E-state index contributed by atoms with van der Waals surface area (Å²) in [5.41, 5.74) is 0. The molecule has 5 nitrogen and oxygen atoms in total. The van der Waals surface area contributed by atoms with Gasteiger partial charge in [-0.1, -0.05) is 12.8 Å². The summed E-state index contributed by atoms with van der Waals surface area (Å²) in [7, 11) is 0. The summed E-state index contributed by atoms with van der Waals surface area (Å²) in [6.45, 7) is 1.23. The first-order valence-corrected chi connectivity index (χ1v) is 5.96. The summed E-state index contributed by atoms with van der Waals surface area (Å²) in [6.07, 6.45) is 4.93. The molecule has 0 aromatic rings. The maximum Gasteiger partial charge on any atom is 0.326 e. The lowest BCUT2D eigenvalue weighted by Crippen LogP contribution is -2.46. The first kappa shape index (κ1) is 11.2. The quantitative estimate of drug-likeness (QED) is 0.752. The fraction of sp³-hybridized carbons (Fsp3) is 0.818. The van der Waals surface area contributed by atoms with Gasteiger partial charge in [-0.05, 0) is 25.2 Å². The summed E-state index contributed by atoms with van der Waals surface area (Å²) in [5, 5.41) is 11.7. The Bertz CT molecular complexity index is 289. The average Bonchev–Trinajstić information content (AvgIpc) is 2.93. The Labute approximate surface area is 94.8 Å². The summed E-state index contributed by atoms with van der Waals surface area (Å²) >= 11 is 0. The molecule has 16 heavy (non-hydrogen) atoms. The van der Waals surface area contributed by atoms with Gasteiger partial charge >= 0.3 is 12.0 Å². The summed E-state index contributed by atoms with van der Waals surface area (Å²) in [5.74, 6) is -0.107. The third-order valence-electron chi connectivity index (χ3n) is 3.32. The summed E-state index contributed by atoms with van der Waals surface area (Å²) in [4.78, 5) is 24.0. The number of nitrogens with zero attached hydrogens (tertiary/aromatic N) is 1. The Kier molecular flexibility index (Phi) is 3.31. The molecule has 2 N–H and O–H groups in total. The molecule has 1 heterocycles. The van der Waals surface area contributed by atoms with E-state index in [1.807, 2.05) is 0 Å². The highest BCUT2D eigenvalue weighted by molar-refractivity contribution is 5.83. The van der Waals surface area contributed by atoms with Crippen LogP contribution in [0.1, 0.15) is 32.1 Å². The summed E-state index contributed by atoms with van der Waals surface area (Å²) in [6, 6.07) is -0.841. The zero-order valence-electron chi connectivity index (χ0n) is 9.32. The molecule has 0 aromatic carbocycles. The second kappa shape index (κ2) is 4.72. The van der Waals surface area contributed by atoms with Crippen LogP contribution in [0.4, 0.5) is 4.79 Å². The van der Waals surface area contributed by atoms with Crippen LogP contribution >= 0.6 is 0 Å². The number of amides is 2. The Hall–Kier alpha value is -1.26. The van der Waals surface area contributed by atoms with E-state index in [0.29, 0.717) is 19.5 Å². The molecule has 2 aliphatic rings. The minimum absolute atomic E-state index is 0.217. The van der Waals surface area contributed by atoms with Gasteiger partial charge in [-0.25, -0.2) is 9.59 Å². The zero-order valence-corrected chi connectivity index (χ0v) is 9.32. The molecule has 90 valence electrons. The molecule has 0 radical (unpaired) electrons. The maximum atomic E-state index is 11.7. The van der Waals surface area contributed by atoms with Gasteiger partial charge < -0.3 is 15.3 Å². The van der Waals surface area contributed by atoms with Gasteiger partial charge in [-0.15, -0.1) is 0 Å². The van der Waals surface area contributed by atoms with Gasteiger partial charge in [0.25, 0.3) is 0 Å². The van der Waals surface area contributed by atoms with Crippen molar-refractivity contribution >= 4 is 12.0 Å². The lowest BCUT2D eigenvalue weighted by Gasteiger charge is -2.21. The van der Waals surface area contributed by atoms with E-state index in [4.69, 9.17) is 5.11 Å². The molecule has 1 aliphatic carbocycles. The van der Waals surface area contributed by atoms with Crippen LogP contribution < -0.4 is 5.32 Å². The summed E-state index contributed by atoms with van der Waals surface area (Å²) < 4.78 is 0. The molecule has 2 rings (SSSR count). The number of nitrogens with one attached hydrogen (secondary N) is 1. The second-order valence-corrected chi connectivity index (χ2v) is 4.65. The van der Waals surface area contributed by atoms with E-state index in [2.05, 4.69) is 5.32 Å². The van der Waals surface area contributed by atoms with Crippen molar-refractivity contribution in [3.63, 3.8) is 0 Å². The van der Waals surface area contributed by atoms with Crippen LogP contribution in [0.2, 0.25) is 0 Å². The fourth-order valence-corrected chi connectivity index (χ4v) is 2.16. The van der Waals surface area contributed by atoms with Crippen LogP contribution in [-0.2, 0) is 4.79 Å². The Balaban J connectivity index is 1.75. The number of urea groups is 1. The molecule has 1 saturated carbocycles. The van der Waals surface area contributed by atoms with Crippen LogP contribution in [-0.4, -0.2) is 41.1 Å². The monoisotopic (exact) mass is 226 g/mol. The number of rotatable bonds is 4. The average molecular weight is 226 g/mol. The van der Waals surface area contributed by atoms with Gasteiger partial charge in [0, 0.05) is 13.1 Å². The maximum absolute atomic E-state index is 11.7. The molecule has 0 unspecified atom stereocenters. The number of carbonyl (C=O) groups excluding carboxylic acids is 1. The number of likely N-dealkylation sites (tertiary alicyclic amines) is 1. The number of carbonyl (C=O) groups is 2. The van der Waals surface area contributed by atoms with Crippen molar-refractivity contribution in [3.05, 3.63) is 0 Å². The standard InChI is InChI=1S/C11H18N2O3/c14-10(15)9-2-1-7-13(9)11(16)12-6-5-8-3-4-8/h8-9H,1-7H2,(H,12,16)(H,14,15)/t9-/m1/s1. The van der Waals surface area contributed by atoms with Crippen molar-refractivity contribution in [2.75, 3.05) is 13.1 Å². The number of carboxylic acid groups (broad SMARTS) is 1. The molecule has 0 spiro atoms. The number of carboxylic acids is 1. The van der Waals surface area contributed by atoms with Crippen LogP contribution in [0.25, 0.3) is 0 Å². The van der Waals surface area contributed by atoms with E-state index < -0.39 is 12.0 Å². The van der Waals surface area contributed by atoms with Gasteiger partial charge in [0.1, 0.15) is 6.04 Å². The Morgan fingerprint density at radius 2 is 2.06 bits per heavy atom. The highest BCUT2D eigenvalue weighted by Gasteiger charge is 2.33. The van der Waals surface area contributed by atoms with E-state index in [-0.39, 0.29) is 6.03 Å². The predicted molar refractivity (Wildman–Crippen MR) is 58.1 cm³/mol. The molecular formula is C11H18N2O3. The van der Waals surface area contributed by atoms with Crippen LogP contribution in [0, 0.1) is 5.92 Å². The van der Waals surface area contributed by atoms with E-state index in [1.54, 1.807) is 0 Å². The number of aliphatic carboxylic acids is 1. The fourth-order valence-electron chi connectivity index (χ4n) is 2.16. The minimum atomic E-state index is -0.894. The van der Waals surface area contributed by atoms with E-state index >= 15 is 0 Å². The Morgan fingerprint density at radius 3 is 2.69 bits per heavy atom. The van der Waals surface area contributed by atoms with Crippen molar-refractivity contribution in [1.82, 2.24) is 10.2 Å². The number of hydrogen-bond donors (Lipinski definition) is 2. The topological polar surface area (TPSA) is 69.6 Å². The van der Waals surface area contributed by atoms with Crippen molar-refractivity contribution < 1.29 is 14.7 Å². The van der Waals surface area contributed by atoms with Crippen molar-refractivity contribution in [2.45, 2.75) is 38.1 Å². The zero-order chi connectivity index (χ0) is 11.5. The molecule has 0 bridgehead atoms. The van der Waals surface area contributed by atoms with Gasteiger partial charge in [0.15, 0.2) is 0 Å². The Morgan fingerprint density at radius 1 is 1.31 bits per heavy atom. The van der Waals surface area contributed by atoms with Crippen molar-refractivity contribution in [1.29, 1.82) is 0 Å². The minimum Gasteiger partial charge on any atom is -0.480 e. The lowest BCUT2D eigenvalue weighted by molar-refractivity contribution is -0.141. The van der Waals surface area contributed by atoms with Gasteiger partial charge in [-0.2, -0.15) is 0 Å². The predicted octanol–water partition coefficient (Wildman–Crippen LogP) is 1.05. The van der Waals surface area contributed by atoms with E-state index in [1.165, 1.54) is 17.7 Å². The van der Waals surface area contributed by atoms with E-state index in [9.17, 15) is 9.59 Å². The molecule has 2 amide bonds. The molecule has 1 saturated heterocycles. The van der Waals surface area contributed by atoms with Gasteiger partial charge in [-0.3, -0.25) is 0 Å². The molecule has 2 fully saturated rings. The molecular weight excluding hydrogens is 208 g/mol. The molecule has 1 aliphatic heterocycles.